The molecule has 0 aliphatic rings. The molecular formula is C22H26N2O4S. The van der Waals surface area contributed by atoms with E-state index in [4.69, 9.17) is 26.4 Å². The number of hydrogen-bond donors (Lipinski definition) is 2. The quantitative estimate of drug-likeness (QED) is 0.348. The van der Waals surface area contributed by atoms with E-state index < -0.39 is 0 Å². The molecule has 2 aromatic rings. The van der Waals surface area contributed by atoms with Crippen molar-refractivity contribution in [3.63, 3.8) is 0 Å². The highest BCUT2D eigenvalue weighted by Crippen LogP contribution is 2.17. The second kappa shape index (κ2) is 12.5. The molecule has 0 atom stereocenters. The monoisotopic (exact) mass is 414 g/mol. The number of hydrogen-bond acceptors (Lipinski definition) is 5. The molecule has 0 aliphatic heterocycles. The molecule has 0 heterocycles. The van der Waals surface area contributed by atoms with Gasteiger partial charge in [0.1, 0.15) is 18.1 Å². The molecule has 0 spiro atoms. The van der Waals surface area contributed by atoms with Gasteiger partial charge in [0, 0.05) is 24.4 Å². The van der Waals surface area contributed by atoms with E-state index >= 15 is 0 Å². The van der Waals surface area contributed by atoms with Crippen molar-refractivity contribution in [2.24, 2.45) is 0 Å². The first-order chi connectivity index (χ1) is 14.1. The summed E-state index contributed by atoms with van der Waals surface area (Å²) < 4.78 is 16.2. The summed E-state index contributed by atoms with van der Waals surface area (Å²) in [6.45, 7) is 6.14. The maximum Gasteiger partial charge on any atom is 0.250 e. The van der Waals surface area contributed by atoms with Gasteiger partial charge in [-0.1, -0.05) is 18.2 Å². The van der Waals surface area contributed by atoms with Gasteiger partial charge >= 0.3 is 0 Å². The summed E-state index contributed by atoms with van der Waals surface area (Å²) in [5.74, 6) is 1.17. The van der Waals surface area contributed by atoms with Crippen LogP contribution in [0.1, 0.15) is 19.4 Å². The number of nitrogens with one attached hydrogen (secondary N) is 2. The van der Waals surface area contributed by atoms with E-state index in [1.165, 1.54) is 6.08 Å². The van der Waals surface area contributed by atoms with E-state index in [0.717, 1.165) is 17.0 Å². The normalized spacial score (nSPS) is 10.6. The Bertz CT molecular complexity index is 822. The Labute approximate surface area is 176 Å². The van der Waals surface area contributed by atoms with E-state index in [1.54, 1.807) is 12.1 Å². The predicted octanol–water partition coefficient (Wildman–Crippen LogP) is 4.03. The van der Waals surface area contributed by atoms with Crippen molar-refractivity contribution in [1.29, 1.82) is 0 Å². The molecule has 0 aliphatic carbocycles. The second-order valence-corrected chi connectivity index (χ2v) is 6.26. The molecule has 29 heavy (non-hydrogen) atoms. The zero-order valence-electron chi connectivity index (χ0n) is 16.6. The zero-order valence-corrected chi connectivity index (χ0v) is 17.5. The van der Waals surface area contributed by atoms with Crippen LogP contribution in [0.2, 0.25) is 0 Å². The van der Waals surface area contributed by atoms with Crippen molar-refractivity contribution in [2.75, 3.05) is 31.7 Å². The third-order valence-corrected chi connectivity index (χ3v) is 3.85. The molecule has 0 saturated carbocycles. The molecule has 0 saturated heterocycles. The lowest BCUT2D eigenvalue weighted by molar-refractivity contribution is -0.115. The summed E-state index contributed by atoms with van der Waals surface area (Å²) >= 11 is 5.20. The minimum absolute atomic E-state index is 0.206. The van der Waals surface area contributed by atoms with Gasteiger partial charge in [-0.15, -0.1) is 0 Å². The highest BCUT2D eigenvalue weighted by Gasteiger charge is 2.03. The Morgan fingerprint density at radius 2 is 1.79 bits per heavy atom. The summed E-state index contributed by atoms with van der Waals surface area (Å²) in [5.41, 5.74) is 1.61. The molecule has 0 aromatic heterocycles. The molecule has 0 fully saturated rings. The van der Waals surface area contributed by atoms with Gasteiger partial charge in [-0.25, -0.2) is 0 Å². The average Bonchev–Trinajstić information content (AvgIpc) is 2.71. The van der Waals surface area contributed by atoms with Gasteiger partial charge in [0.15, 0.2) is 5.11 Å². The summed E-state index contributed by atoms with van der Waals surface area (Å²) in [5, 5.41) is 5.80. The van der Waals surface area contributed by atoms with Crippen molar-refractivity contribution >= 4 is 35.0 Å². The topological polar surface area (TPSA) is 68.8 Å². The Balaban J connectivity index is 1.81. The molecule has 0 unspecified atom stereocenters. The first kappa shape index (κ1) is 22.4. The van der Waals surface area contributed by atoms with Crippen LogP contribution in [-0.4, -0.2) is 37.4 Å². The summed E-state index contributed by atoms with van der Waals surface area (Å²) in [6, 6.07) is 14.8. The molecule has 2 aromatic carbocycles. The number of carbonyl (C=O) groups is 1. The van der Waals surface area contributed by atoms with Crippen molar-refractivity contribution in [3.05, 3.63) is 60.2 Å². The number of benzene rings is 2. The first-order valence-electron chi connectivity index (χ1n) is 9.44. The summed E-state index contributed by atoms with van der Waals surface area (Å²) in [7, 11) is 0. The van der Waals surface area contributed by atoms with E-state index in [0.29, 0.717) is 32.2 Å². The minimum atomic E-state index is -0.319. The van der Waals surface area contributed by atoms with Crippen LogP contribution in [-0.2, 0) is 9.53 Å². The van der Waals surface area contributed by atoms with Crippen molar-refractivity contribution in [3.8, 4) is 11.5 Å². The van der Waals surface area contributed by atoms with E-state index in [9.17, 15) is 4.79 Å². The van der Waals surface area contributed by atoms with Gasteiger partial charge in [0.2, 0.25) is 5.91 Å². The number of ether oxygens (including phenoxy) is 3. The number of amides is 1. The van der Waals surface area contributed by atoms with Crippen LogP contribution in [0.3, 0.4) is 0 Å². The summed E-state index contributed by atoms with van der Waals surface area (Å²) in [4.78, 5) is 12.1. The fourth-order valence-corrected chi connectivity index (χ4v) is 2.57. The third kappa shape index (κ3) is 8.76. The van der Waals surface area contributed by atoms with Gasteiger partial charge < -0.3 is 19.5 Å². The zero-order chi connectivity index (χ0) is 20.9. The molecule has 154 valence electrons. The molecule has 1 amide bonds. The lowest BCUT2D eigenvalue weighted by Crippen LogP contribution is -2.32. The van der Waals surface area contributed by atoms with Crippen LogP contribution < -0.4 is 20.1 Å². The van der Waals surface area contributed by atoms with E-state index in [1.807, 2.05) is 56.3 Å². The fraction of sp³-hybridized carbons (Fsp3) is 0.273. The van der Waals surface area contributed by atoms with Gasteiger partial charge in [-0.3, -0.25) is 10.1 Å². The molecule has 0 bridgehead atoms. The average molecular weight is 415 g/mol. The lowest BCUT2D eigenvalue weighted by Gasteiger charge is -2.11. The van der Waals surface area contributed by atoms with Gasteiger partial charge in [-0.2, -0.15) is 0 Å². The fourth-order valence-electron chi connectivity index (χ4n) is 2.36. The Morgan fingerprint density at radius 1 is 1.00 bits per heavy atom. The smallest absolute Gasteiger partial charge is 0.250 e. The Hall–Kier alpha value is -2.90. The van der Waals surface area contributed by atoms with E-state index in [2.05, 4.69) is 10.6 Å². The lowest BCUT2D eigenvalue weighted by atomic mass is 10.2. The summed E-state index contributed by atoms with van der Waals surface area (Å²) in [6.07, 6.45) is 3.14. The number of thiocarbonyl (C=S) groups is 1. The molecule has 0 radical (unpaired) electrons. The Kier molecular flexibility index (Phi) is 9.68. The van der Waals surface area contributed by atoms with E-state index in [-0.39, 0.29) is 11.0 Å². The highest BCUT2D eigenvalue weighted by molar-refractivity contribution is 7.80. The minimum Gasteiger partial charge on any atom is -0.494 e. The van der Waals surface area contributed by atoms with Crippen LogP contribution in [0.4, 0.5) is 5.69 Å². The molecular weight excluding hydrogens is 388 g/mol. The Morgan fingerprint density at radius 3 is 2.52 bits per heavy atom. The molecule has 7 heteroatoms. The number of carbonyl (C=O) groups excluding carboxylic acids is 1. The first-order valence-corrected chi connectivity index (χ1v) is 9.85. The van der Waals surface area contributed by atoms with Crippen molar-refractivity contribution in [1.82, 2.24) is 5.32 Å². The molecule has 2 rings (SSSR count). The maximum absolute atomic E-state index is 12.1. The molecule has 2 N–H and O–H groups in total. The third-order valence-electron chi connectivity index (χ3n) is 3.65. The van der Waals surface area contributed by atoms with Gasteiger partial charge in [0.05, 0.1) is 13.2 Å². The predicted molar refractivity (Wildman–Crippen MR) is 119 cm³/mol. The van der Waals surface area contributed by atoms with Gasteiger partial charge in [-0.05, 0) is 62.0 Å². The van der Waals surface area contributed by atoms with Crippen molar-refractivity contribution in [2.45, 2.75) is 13.8 Å². The number of rotatable bonds is 10. The van der Waals surface area contributed by atoms with Crippen LogP contribution in [0.5, 0.6) is 11.5 Å². The van der Waals surface area contributed by atoms with Crippen LogP contribution >= 0.6 is 12.2 Å². The van der Waals surface area contributed by atoms with Crippen LogP contribution in [0, 0.1) is 0 Å². The molecule has 6 nitrogen and oxygen atoms in total. The van der Waals surface area contributed by atoms with Gasteiger partial charge in [0.25, 0.3) is 0 Å². The standard InChI is InChI=1S/C22H26N2O4S/c1-3-26-14-15-28-20-7-5-6-18(16-20)23-22(29)24-21(25)13-10-17-8-11-19(12-9-17)27-4-2/h5-13,16H,3-4,14-15H2,1-2H3,(H2,23,24,25,29)/b13-10+. The highest BCUT2D eigenvalue weighted by atomic mass is 32.1. The van der Waals surface area contributed by atoms with Crippen LogP contribution in [0.15, 0.2) is 54.6 Å². The SMILES string of the molecule is CCOCCOc1cccc(NC(=S)NC(=O)/C=C/c2ccc(OCC)cc2)c1. The number of anilines is 1. The van der Waals surface area contributed by atoms with Crippen LogP contribution in [0.25, 0.3) is 6.08 Å². The largest absolute Gasteiger partial charge is 0.494 e. The second-order valence-electron chi connectivity index (χ2n) is 5.85. The maximum atomic E-state index is 12.1. The van der Waals surface area contributed by atoms with Crippen molar-refractivity contribution < 1.29 is 19.0 Å².